The van der Waals surface area contributed by atoms with Crippen molar-refractivity contribution in [2.24, 2.45) is 5.92 Å². The molecule has 4 nitrogen and oxygen atoms in total. The summed E-state index contributed by atoms with van der Waals surface area (Å²) in [5.74, 6) is 0.396. The van der Waals surface area contributed by atoms with Crippen molar-refractivity contribution in [1.82, 2.24) is 15.1 Å². The molecule has 1 aromatic rings. The highest BCUT2D eigenvalue weighted by atomic mass is 16.2. The molecule has 1 aliphatic heterocycles. The van der Waals surface area contributed by atoms with E-state index in [9.17, 15) is 4.79 Å². The van der Waals surface area contributed by atoms with Gasteiger partial charge in [-0.2, -0.15) is 5.10 Å². The van der Waals surface area contributed by atoms with Crippen LogP contribution in [0, 0.1) is 5.92 Å². The number of carbonyl (C=O) groups excluding carboxylic acids is 1. The second-order valence-electron chi connectivity index (χ2n) is 4.19. The molecule has 4 heteroatoms. The van der Waals surface area contributed by atoms with E-state index < -0.39 is 0 Å². The molecule has 1 unspecified atom stereocenters. The van der Waals surface area contributed by atoms with Crippen LogP contribution < -0.4 is 0 Å². The van der Waals surface area contributed by atoms with Crippen molar-refractivity contribution in [1.29, 1.82) is 0 Å². The fourth-order valence-corrected chi connectivity index (χ4v) is 1.89. The standard InChI is InChI=1S/C11H17N3O/c1-3-8(2)11(15)14-5-4-9-6-12-13-10(9)7-14/h6,8H,3-5,7H2,1-2H3,(H,12,13). The number of fused-ring (bicyclic) bond motifs is 1. The number of amides is 1. The van der Waals surface area contributed by atoms with E-state index in [1.807, 2.05) is 24.9 Å². The smallest absolute Gasteiger partial charge is 0.225 e. The Kier molecular flexibility index (Phi) is 2.75. The Bertz CT molecular complexity index is 358. The van der Waals surface area contributed by atoms with Crippen LogP contribution in [-0.4, -0.2) is 27.5 Å². The number of hydrogen-bond acceptors (Lipinski definition) is 2. The molecule has 1 N–H and O–H groups in total. The van der Waals surface area contributed by atoms with Crippen molar-refractivity contribution in [3.05, 3.63) is 17.5 Å². The third-order valence-electron chi connectivity index (χ3n) is 3.15. The average molecular weight is 207 g/mol. The monoisotopic (exact) mass is 207 g/mol. The third-order valence-corrected chi connectivity index (χ3v) is 3.15. The highest BCUT2D eigenvalue weighted by molar-refractivity contribution is 5.78. The first-order valence-electron chi connectivity index (χ1n) is 5.52. The van der Waals surface area contributed by atoms with E-state index >= 15 is 0 Å². The highest BCUT2D eigenvalue weighted by Gasteiger charge is 2.24. The van der Waals surface area contributed by atoms with Crippen molar-refractivity contribution >= 4 is 5.91 Å². The van der Waals surface area contributed by atoms with Gasteiger partial charge in [0.05, 0.1) is 18.4 Å². The zero-order valence-electron chi connectivity index (χ0n) is 9.29. The lowest BCUT2D eigenvalue weighted by atomic mass is 10.0. The summed E-state index contributed by atoms with van der Waals surface area (Å²) < 4.78 is 0. The maximum atomic E-state index is 12.0. The number of H-pyrrole nitrogens is 1. The van der Waals surface area contributed by atoms with Crippen molar-refractivity contribution in [2.75, 3.05) is 6.54 Å². The molecule has 1 aliphatic rings. The first-order chi connectivity index (χ1) is 7.22. The van der Waals surface area contributed by atoms with E-state index in [2.05, 4.69) is 10.2 Å². The summed E-state index contributed by atoms with van der Waals surface area (Å²) in [6, 6.07) is 0. The molecule has 2 heterocycles. The van der Waals surface area contributed by atoms with Gasteiger partial charge in [0.15, 0.2) is 0 Å². The van der Waals surface area contributed by atoms with Crippen LogP contribution in [0.25, 0.3) is 0 Å². The fraction of sp³-hybridized carbons (Fsp3) is 0.636. The Morgan fingerprint density at radius 1 is 1.73 bits per heavy atom. The first kappa shape index (κ1) is 10.2. The molecule has 0 aliphatic carbocycles. The lowest BCUT2D eigenvalue weighted by Crippen LogP contribution is -2.38. The molecule has 0 aromatic carbocycles. The number of nitrogens with one attached hydrogen (secondary N) is 1. The SMILES string of the molecule is CCC(C)C(=O)N1CCc2cn[nH]c2C1. The van der Waals surface area contributed by atoms with Crippen LogP contribution in [0.15, 0.2) is 6.20 Å². The van der Waals surface area contributed by atoms with Gasteiger partial charge < -0.3 is 4.90 Å². The minimum Gasteiger partial charge on any atom is -0.336 e. The lowest BCUT2D eigenvalue weighted by Gasteiger charge is -2.28. The summed E-state index contributed by atoms with van der Waals surface area (Å²) in [5.41, 5.74) is 2.35. The summed E-state index contributed by atoms with van der Waals surface area (Å²) in [6.07, 6.45) is 3.69. The van der Waals surface area contributed by atoms with Crippen LogP contribution in [0.1, 0.15) is 31.5 Å². The zero-order chi connectivity index (χ0) is 10.8. The Balaban J connectivity index is 2.06. The predicted molar refractivity (Wildman–Crippen MR) is 57.2 cm³/mol. The van der Waals surface area contributed by atoms with E-state index in [1.54, 1.807) is 0 Å². The molecule has 0 fully saturated rings. The Morgan fingerprint density at radius 3 is 3.27 bits per heavy atom. The number of aromatic nitrogens is 2. The third kappa shape index (κ3) is 1.89. The maximum absolute atomic E-state index is 12.0. The largest absolute Gasteiger partial charge is 0.336 e. The molecule has 1 amide bonds. The quantitative estimate of drug-likeness (QED) is 0.795. The minimum atomic E-state index is 0.134. The number of nitrogens with zero attached hydrogens (tertiary/aromatic N) is 2. The van der Waals surface area contributed by atoms with Gasteiger partial charge in [0.2, 0.25) is 5.91 Å². The van der Waals surface area contributed by atoms with Gasteiger partial charge in [-0.25, -0.2) is 0 Å². The Morgan fingerprint density at radius 2 is 2.53 bits per heavy atom. The molecule has 0 saturated heterocycles. The molecule has 15 heavy (non-hydrogen) atoms. The molecule has 82 valence electrons. The topological polar surface area (TPSA) is 49.0 Å². The number of aromatic amines is 1. The van der Waals surface area contributed by atoms with Gasteiger partial charge in [-0.1, -0.05) is 13.8 Å². The van der Waals surface area contributed by atoms with Crippen LogP contribution >= 0.6 is 0 Å². The molecule has 0 spiro atoms. The van der Waals surface area contributed by atoms with Crippen LogP contribution in [0.5, 0.6) is 0 Å². The summed E-state index contributed by atoms with van der Waals surface area (Å²) in [6.45, 7) is 5.56. The van der Waals surface area contributed by atoms with Gasteiger partial charge in [0.25, 0.3) is 0 Å². The number of carbonyl (C=O) groups is 1. The van der Waals surface area contributed by atoms with Gasteiger partial charge in [-0.05, 0) is 18.4 Å². The van der Waals surface area contributed by atoms with Gasteiger partial charge >= 0.3 is 0 Å². The summed E-state index contributed by atoms with van der Waals surface area (Å²) in [7, 11) is 0. The van der Waals surface area contributed by atoms with Crippen molar-refractivity contribution in [3.8, 4) is 0 Å². The van der Waals surface area contributed by atoms with E-state index in [1.165, 1.54) is 5.56 Å². The van der Waals surface area contributed by atoms with Gasteiger partial charge in [-0.3, -0.25) is 9.89 Å². The van der Waals surface area contributed by atoms with Gasteiger partial charge in [0, 0.05) is 12.5 Å². The maximum Gasteiger partial charge on any atom is 0.225 e. The van der Waals surface area contributed by atoms with Crippen molar-refractivity contribution < 1.29 is 4.79 Å². The molecule has 1 atom stereocenters. The van der Waals surface area contributed by atoms with E-state index in [0.717, 1.165) is 25.1 Å². The number of hydrogen-bond donors (Lipinski definition) is 1. The minimum absolute atomic E-state index is 0.134. The van der Waals surface area contributed by atoms with Gasteiger partial charge in [0.1, 0.15) is 0 Å². The molecular formula is C11H17N3O. The van der Waals surface area contributed by atoms with Crippen LogP contribution in [0.3, 0.4) is 0 Å². The first-order valence-corrected chi connectivity index (χ1v) is 5.52. The van der Waals surface area contributed by atoms with Crippen LogP contribution in [0.4, 0.5) is 0 Å². The summed E-state index contributed by atoms with van der Waals surface area (Å²) >= 11 is 0. The molecule has 0 saturated carbocycles. The fourth-order valence-electron chi connectivity index (χ4n) is 1.89. The van der Waals surface area contributed by atoms with Gasteiger partial charge in [-0.15, -0.1) is 0 Å². The molecular weight excluding hydrogens is 190 g/mol. The van der Waals surface area contributed by atoms with E-state index in [0.29, 0.717) is 6.54 Å². The lowest BCUT2D eigenvalue weighted by molar-refractivity contribution is -0.136. The van der Waals surface area contributed by atoms with E-state index in [-0.39, 0.29) is 11.8 Å². The van der Waals surface area contributed by atoms with Crippen molar-refractivity contribution in [2.45, 2.75) is 33.2 Å². The summed E-state index contributed by atoms with van der Waals surface area (Å²) in [5, 5.41) is 6.96. The molecule has 0 bridgehead atoms. The van der Waals surface area contributed by atoms with E-state index in [4.69, 9.17) is 0 Å². The average Bonchev–Trinajstić information content (AvgIpc) is 2.73. The Hall–Kier alpha value is -1.32. The Labute approximate surface area is 89.7 Å². The molecule has 1 aromatic heterocycles. The molecule has 2 rings (SSSR count). The van der Waals surface area contributed by atoms with Crippen molar-refractivity contribution in [3.63, 3.8) is 0 Å². The van der Waals surface area contributed by atoms with Crippen LogP contribution in [-0.2, 0) is 17.8 Å². The number of rotatable bonds is 2. The highest BCUT2D eigenvalue weighted by Crippen LogP contribution is 2.18. The predicted octanol–water partition coefficient (Wildman–Crippen LogP) is 1.34. The normalized spacial score (nSPS) is 17.3. The summed E-state index contributed by atoms with van der Waals surface area (Å²) in [4.78, 5) is 13.9. The molecule has 0 radical (unpaired) electrons. The second kappa shape index (κ2) is 4.04. The second-order valence-corrected chi connectivity index (χ2v) is 4.19. The zero-order valence-corrected chi connectivity index (χ0v) is 9.29. The van der Waals surface area contributed by atoms with Crippen LogP contribution in [0.2, 0.25) is 0 Å².